The van der Waals surface area contributed by atoms with Gasteiger partial charge < -0.3 is 9.73 Å². The summed E-state index contributed by atoms with van der Waals surface area (Å²) in [7, 11) is 0. The third-order valence-corrected chi connectivity index (χ3v) is 5.32. The van der Waals surface area contributed by atoms with Crippen molar-refractivity contribution in [3.63, 3.8) is 0 Å². The smallest absolute Gasteiger partial charge is 0.344 e. The van der Waals surface area contributed by atoms with Crippen molar-refractivity contribution in [1.29, 1.82) is 0 Å². The summed E-state index contributed by atoms with van der Waals surface area (Å²) in [6.45, 7) is 1.90. The maximum atomic E-state index is 12.5. The summed E-state index contributed by atoms with van der Waals surface area (Å²) < 4.78 is 5.44. The van der Waals surface area contributed by atoms with Crippen molar-refractivity contribution < 1.29 is 9.21 Å². The van der Waals surface area contributed by atoms with Crippen molar-refractivity contribution in [2.24, 2.45) is 0 Å². The molecule has 0 radical (unpaired) electrons. The number of benzene rings is 3. The molecule has 0 aliphatic rings. The standard InChI is InChI=1S/C24H17ClN2O3S/c1-14-10-11-15(18-12-16-6-2-5-9-21(16)30-23(18)29)13-20(14)26-24(31)27-22(28)17-7-3-4-8-19(17)25/h2-13H,1H3,(H2,26,27,28,31). The summed E-state index contributed by atoms with van der Waals surface area (Å²) in [5, 5.41) is 6.93. The predicted octanol–water partition coefficient (Wildman–Crippen LogP) is 5.55. The fraction of sp³-hybridized carbons (Fsp3) is 0.0417. The van der Waals surface area contributed by atoms with Crippen molar-refractivity contribution in [3.05, 3.63) is 99.4 Å². The SMILES string of the molecule is Cc1ccc(-c2cc3ccccc3oc2=O)cc1NC(=S)NC(=O)c1ccccc1Cl. The number of aryl methyl sites for hydroxylation is 1. The van der Waals surface area contributed by atoms with Gasteiger partial charge in [-0.25, -0.2) is 4.79 Å². The van der Waals surface area contributed by atoms with Gasteiger partial charge in [0.2, 0.25) is 0 Å². The Hall–Kier alpha value is -3.48. The normalized spacial score (nSPS) is 10.6. The number of fused-ring (bicyclic) bond motifs is 1. The van der Waals surface area contributed by atoms with Gasteiger partial charge in [0.15, 0.2) is 5.11 Å². The maximum Gasteiger partial charge on any atom is 0.344 e. The Kier molecular flexibility index (Phi) is 5.84. The second kappa shape index (κ2) is 8.71. The molecule has 3 aromatic carbocycles. The van der Waals surface area contributed by atoms with Gasteiger partial charge in [-0.05, 0) is 60.6 Å². The number of carbonyl (C=O) groups excluding carboxylic acids is 1. The number of anilines is 1. The Morgan fingerprint density at radius 3 is 2.55 bits per heavy atom. The molecule has 0 spiro atoms. The molecule has 0 bridgehead atoms. The van der Waals surface area contributed by atoms with Crippen molar-refractivity contribution >= 4 is 51.5 Å². The average molecular weight is 449 g/mol. The Bertz CT molecular complexity index is 1380. The van der Waals surface area contributed by atoms with E-state index in [1.54, 1.807) is 42.5 Å². The number of halogens is 1. The molecule has 7 heteroatoms. The Balaban J connectivity index is 1.59. The first-order valence-electron chi connectivity index (χ1n) is 9.43. The molecule has 4 aromatic rings. The summed E-state index contributed by atoms with van der Waals surface area (Å²) in [5.41, 5.74) is 3.10. The molecule has 2 N–H and O–H groups in total. The van der Waals surface area contributed by atoms with E-state index in [9.17, 15) is 9.59 Å². The summed E-state index contributed by atoms with van der Waals surface area (Å²) in [6.07, 6.45) is 0. The molecule has 0 unspecified atom stereocenters. The van der Waals surface area contributed by atoms with E-state index in [0.29, 0.717) is 33.0 Å². The van der Waals surface area contributed by atoms with Gasteiger partial charge in [-0.1, -0.05) is 54.1 Å². The van der Waals surface area contributed by atoms with Gasteiger partial charge in [0.1, 0.15) is 5.58 Å². The lowest BCUT2D eigenvalue weighted by Gasteiger charge is -2.13. The predicted molar refractivity (Wildman–Crippen MR) is 128 cm³/mol. The van der Waals surface area contributed by atoms with Gasteiger partial charge in [0.05, 0.1) is 16.1 Å². The van der Waals surface area contributed by atoms with Gasteiger partial charge in [-0.2, -0.15) is 0 Å². The first-order chi connectivity index (χ1) is 14.9. The topological polar surface area (TPSA) is 71.3 Å². The molecule has 154 valence electrons. The zero-order chi connectivity index (χ0) is 22.0. The quantitative estimate of drug-likeness (QED) is 0.317. The van der Waals surface area contributed by atoms with E-state index in [0.717, 1.165) is 10.9 Å². The number of nitrogens with one attached hydrogen (secondary N) is 2. The number of hydrogen-bond donors (Lipinski definition) is 2. The highest BCUT2D eigenvalue weighted by Crippen LogP contribution is 2.26. The van der Waals surface area contributed by atoms with Gasteiger partial charge >= 0.3 is 5.63 Å². The summed E-state index contributed by atoms with van der Waals surface area (Å²) in [5.74, 6) is -0.410. The van der Waals surface area contributed by atoms with Gasteiger partial charge in [-0.3, -0.25) is 10.1 Å². The maximum absolute atomic E-state index is 12.5. The van der Waals surface area contributed by atoms with E-state index in [2.05, 4.69) is 10.6 Å². The second-order valence-corrected chi connectivity index (χ2v) is 7.72. The van der Waals surface area contributed by atoms with Crippen molar-refractivity contribution in [2.75, 3.05) is 5.32 Å². The van der Waals surface area contributed by atoms with Crippen LogP contribution in [0.2, 0.25) is 5.02 Å². The van der Waals surface area contributed by atoms with Crippen molar-refractivity contribution in [3.8, 4) is 11.1 Å². The minimum Gasteiger partial charge on any atom is -0.422 e. The highest BCUT2D eigenvalue weighted by molar-refractivity contribution is 7.80. The monoisotopic (exact) mass is 448 g/mol. The highest BCUT2D eigenvalue weighted by atomic mass is 35.5. The van der Waals surface area contributed by atoms with Gasteiger partial charge in [0, 0.05) is 11.1 Å². The fourth-order valence-corrected chi connectivity index (χ4v) is 3.58. The van der Waals surface area contributed by atoms with Gasteiger partial charge in [0.25, 0.3) is 5.91 Å². The Morgan fingerprint density at radius 1 is 1.00 bits per heavy atom. The van der Waals surface area contributed by atoms with Crippen molar-refractivity contribution in [1.82, 2.24) is 5.32 Å². The zero-order valence-corrected chi connectivity index (χ0v) is 18.0. The number of amides is 1. The molecule has 0 saturated heterocycles. The average Bonchev–Trinajstić information content (AvgIpc) is 2.75. The summed E-state index contributed by atoms with van der Waals surface area (Å²) >= 11 is 11.4. The molecular weight excluding hydrogens is 432 g/mol. The van der Waals surface area contributed by atoms with Crippen LogP contribution >= 0.6 is 23.8 Å². The van der Waals surface area contributed by atoms with Crippen molar-refractivity contribution in [2.45, 2.75) is 6.92 Å². The largest absolute Gasteiger partial charge is 0.422 e. The highest BCUT2D eigenvalue weighted by Gasteiger charge is 2.13. The van der Waals surface area contributed by atoms with Crippen LogP contribution in [0.5, 0.6) is 0 Å². The van der Waals surface area contributed by atoms with Crippen LogP contribution in [0, 0.1) is 6.92 Å². The molecule has 0 atom stereocenters. The third kappa shape index (κ3) is 4.50. The van der Waals surface area contributed by atoms with E-state index in [4.69, 9.17) is 28.2 Å². The van der Waals surface area contributed by atoms with E-state index < -0.39 is 11.5 Å². The molecule has 1 amide bonds. The molecule has 31 heavy (non-hydrogen) atoms. The molecule has 0 aliphatic carbocycles. The van der Waals surface area contributed by atoms with E-state index in [1.165, 1.54) is 0 Å². The van der Waals surface area contributed by atoms with Crippen LogP contribution in [0.15, 0.2) is 82.0 Å². The van der Waals surface area contributed by atoms with E-state index in [-0.39, 0.29) is 5.11 Å². The minimum absolute atomic E-state index is 0.121. The minimum atomic E-state index is -0.428. The lowest BCUT2D eigenvalue weighted by atomic mass is 10.0. The number of carbonyl (C=O) groups is 1. The second-order valence-electron chi connectivity index (χ2n) is 6.90. The first-order valence-corrected chi connectivity index (χ1v) is 10.2. The number of para-hydroxylation sites is 1. The Morgan fingerprint density at radius 2 is 1.74 bits per heavy atom. The fourth-order valence-electron chi connectivity index (χ4n) is 3.16. The lowest BCUT2D eigenvalue weighted by Crippen LogP contribution is -2.34. The molecule has 0 saturated carbocycles. The van der Waals surface area contributed by atoms with Crippen LogP contribution in [0.1, 0.15) is 15.9 Å². The van der Waals surface area contributed by atoms with Crippen LogP contribution in [0.3, 0.4) is 0 Å². The zero-order valence-electron chi connectivity index (χ0n) is 16.4. The molecule has 5 nitrogen and oxygen atoms in total. The molecule has 1 aromatic heterocycles. The number of rotatable bonds is 3. The molecule has 0 aliphatic heterocycles. The van der Waals surface area contributed by atoms with Crippen LogP contribution in [-0.2, 0) is 0 Å². The van der Waals surface area contributed by atoms with Crippen LogP contribution in [0.4, 0.5) is 5.69 Å². The van der Waals surface area contributed by atoms with Gasteiger partial charge in [-0.15, -0.1) is 0 Å². The molecule has 4 rings (SSSR count). The number of hydrogen-bond acceptors (Lipinski definition) is 4. The summed E-state index contributed by atoms with van der Waals surface area (Å²) in [4.78, 5) is 24.9. The third-order valence-electron chi connectivity index (χ3n) is 4.78. The lowest BCUT2D eigenvalue weighted by molar-refractivity contribution is 0.0978. The Labute approximate surface area is 188 Å². The number of thiocarbonyl (C=S) groups is 1. The van der Waals surface area contributed by atoms with Crippen LogP contribution < -0.4 is 16.3 Å². The molecular formula is C24H17ClN2O3S. The van der Waals surface area contributed by atoms with E-state index >= 15 is 0 Å². The molecule has 0 fully saturated rings. The summed E-state index contributed by atoms with van der Waals surface area (Å²) in [6, 6.07) is 21.4. The van der Waals surface area contributed by atoms with Crippen LogP contribution in [-0.4, -0.2) is 11.0 Å². The molecule has 1 heterocycles. The van der Waals surface area contributed by atoms with E-state index in [1.807, 2.05) is 37.3 Å². The van der Waals surface area contributed by atoms with Crippen LogP contribution in [0.25, 0.3) is 22.1 Å². The first kappa shape index (κ1) is 20.8.